The van der Waals surface area contributed by atoms with Crippen molar-refractivity contribution in [1.82, 2.24) is 0 Å². The molecule has 0 aromatic heterocycles. The highest BCUT2D eigenvalue weighted by atomic mass is 16.3. The summed E-state index contributed by atoms with van der Waals surface area (Å²) in [6.45, 7) is 6.65. The number of hydrogen-bond donors (Lipinski definition) is 1. The van der Waals surface area contributed by atoms with Crippen LogP contribution in [0.3, 0.4) is 0 Å². The predicted octanol–water partition coefficient (Wildman–Crippen LogP) is 10.1. The van der Waals surface area contributed by atoms with Crippen LogP contribution in [0.15, 0.2) is 36.4 Å². The Kier molecular flexibility index (Phi) is 16.2. The third-order valence-corrected chi connectivity index (χ3v) is 5.94. The molecule has 0 spiro atoms. The summed E-state index contributed by atoms with van der Waals surface area (Å²) in [5, 5.41) is 11.5. The van der Waals surface area contributed by atoms with E-state index in [1.165, 1.54) is 114 Å². The van der Waals surface area contributed by atoms with Crippen LogP contribution in [0.4, 0.5) is 0 Å². The molecule has 2 aromatic rings. The van der Waals surface area contributed by atoms with Crippen LogP contribution in [0.2, 0.25) is 0 Å². The molecule has 0 bridgehead atoms. The van der Waals surface area contributed by atoms with Gasteiger partial charge in [-0.25, -0.2) is 0 Å². The number of phenols is 1. The molecule has 0 aliphatic heterocycles. The summed E-state index contributed by atoms with van der Waals surface area (Å²) < 4.78 is 0. The molecule has 1 N–H and O–H groups in total. The number of rotatable bonds is 15. The zero-order valence-corrected chi connectivity index (χ0v) is 20.2. The number of hydrogen-bond acceptors (Lipinski definition) is 1. The van der Waals surface area contributed by atoms with Gasteiger partial charge in [-0.2, -0.15) is 0 Å². The molecule has 0 amide bonds. The minimum atomic E-state index is 0.325. The Morgan fingerprint density at radius 1 is 0.500 bits per heavy atom. The van der Waals surface area contributed by atoms with Crippen molar-refractivity contribution in [3.8, 4) is 5.75 Å². The Labute approximate surface area is 187 Å². The Hall–Kier alpha value is -1.50. The van der Waals surface area contributed by atoms with Crippen molar-refractivity contribution in [3.05, 3.63) is 42.0 Å². The molecule has 0 aliphatic rings. The van der Waals surface area contributed by atoms with Gasteiger partial charge in [-0.05, 0) is 29.8 Å². The number of fused-ring (bicyclic) bond motifs is 1. The van der Waals surface area contributed by atoms with Crippen LogP contribution in [0.5, 0.6) is 5.75 Å². The summed E-state index contributed by atoms with van der Waals surface area (Å²) in [7, 11) is 0. The van der Waals surface area contributed by atoms with E-state index in [9.17, 15) is 5.11 Å². The van der Waals surface area contributed by atoms with Crippen molar-refractivity contribution in [3.63, 3.8) is 0 Å². The highest BCUT2D eigenvalue weighted by molar-refractivity contribution is 5.84. The van der Waals surface area contributed by atoms with Crippen molar-refractivity contribution < 1.29 is 5.11 Å². The fourth-order valence-corrected chi connectivity index (χ4v) is 3.97. The second-order valence-electron chi connectivity index (χ2n) is 8.98. The molecule has 1 nitrogen and oxygen atoms in total. The number of unbranched alkanes of at least 4 members (excludes halogenated alkanes) is 15. The third kappa shape index (κ3) is 13.7. The summed E-state index contributed by atoms with van der Waals surface area (Å²) in [5.41, 5.74) is 1.24. The van der Waals surface area contributed by atoms with Crippen molar-refractivity contribution in [1.29, 1.82) is 0 Å². The average molecular weight is 413 g/mol. The van der Waals surface area contributed by atoms with Gasteiger partial charge in [-0.1, -0.05) is 146 Å². The van der Waals surface area contributed by atoms with Crippen molar-refractivity contribution in [2.45, 2.75) is 124 Å². The SMILES string of the molecule is CCCCCCCCCCCCCCCCCC.Cc1ccc2cc(O)ccc2c1. The van der Waals surface area contributed by atoms with Crippen LogP contribution >= 0.6 is 0 Å². The molecule has 0 fully saturated rings. The molecular formula is C29H48O. The monoisotopic (exact) mass is 412 g/mol. The van der Waals surface area contributed by atoms with Gasteiger partial charge in [0.05, 0.1) is 0 Å². The minimum absolute atomic E-state index is 0.325. The van der Waals surface area contributed by atoms with E-state index < -0.39 is 0 Å². The molecule has 0 saturated heterocycles. The van der Waals surface area contributed by atoms with E-state index in [4.69, 9.17) is 0 Å². The van der Waals surface area contributed by atoms with E-state index in [2.05, 4.69) is 26.8 Å². The summed E-state index contributed by atoms with van der Waals surface area (Å²) in [5.74, 6) is 0.325. The molecule has 0 unspecified atom stereocenters. The molecule has 0 saturated carbocycles. The standard InChI is InChI=1S/C18H38.C11H10O/c1-3-5-7-9-11-13-15-17-18-16-14-12-10-8-6-4-2;1-8-2-3-10-7-11(12)5-4-9(10)6-8/h3-18H2,1-2H3;2-7,12H,1H3. The second-order valence-corrected chi connectivity index (χ2v) is 8.98. The van der Waals surface area contributed by atoms with Gasteiger partial charge in [0, 0.05) is 0 Å². The third-order valence-electron chi connectivity index (χ3n) is 5.94. The highest BCUT2D eigenvalue weighted by Crippen LogP contribution is 2.20. The summed E-state index contributed by atoms with van der Waals surface area (Å²) >= 11 is 0. The maximum absolute atomic E-state index is 9.20. The molecular weight excluding hydrogens is 364 g/mol. The lowest BCUT2D eigenvalue weighted by atomic mass is 10.0. The fraction of sp³-hybridized carbons (Fsp3) is 0.655. The normalized spacial score (nSPS) is 10.8. The largest absolute Gasteiger partial charge is 0.508 e. The van der Waals surface area contributed by atoms with Gasteiger partial charge in [-0.3, -0.25) is 0 Å². The Morgan fingerprint density at radius 2 is 0.867 bits per heavy atom. The average Bonchev–Trinajstić information content (AvgIpc) is 2.75. The van der Waals surface area contributed by atoms with E-state index in [-0.39, 0.29) is 0 Å². The van der Waals surface area contributed by atoms with Crippen LogP contribution < -0.4 is 0 Å². The van der Waals surface area contributed by atoms with E-state index in [1.807, 2.05) is 18.2 Å². The first-order valence-corrected chi connectivity index (χ1v) is 12.9. The maximum Gasteiger partial charge on any atom is 0.116 e. The number of aryl methyl sites for hydroxylation is 1. The number of aromatic hydroxyl groups is 1. The lowest BCUT2D eigenvalue weighted by Gasteiger charge is -2.03. The van der Waals surface area contributed by atoms with Crippen molar-refractivity contribution >= 4 is 10.8 Å². The first kappa shape index (κ1) is 26.5. The van der Waals surface area contributed by atoms with Gasteiger partial charge in [0.1, 0.15) is 5.75 Å². The Morgan fingerprint density at radius 3 is 1.30 bits per heavy atom. The van der Waals surface area contributed by atoms with E-state index in [0.717, 1.165) is 5.39 Å². The van der Waals surface area contributed by atoms with Gasteiger partial charge in [0.2, 0.25) is 0 Å². The highest BCUT2D eigenvalue weighted by Gasteiger charge is 1.95. The first-order valence-electron chi connectivity index (χ1n) is 12.9. The van der Waals surface area contributed by atoms with Gasteiger partial charge < -0.3 is 5.11 Å². The molecule has 2 aromatic carbocycles. The Balaban J connectivity index is 0.000000321. The summed E-state index contributed by atoms with van der Waals surface area (Å²) in [4.78, 5) is 0. The fourth-order valence-electron chi connectivity index (χ4n) is 3.97. The maximum atomic E-state index is 9.20. The molecule has 30 heavy (non-hydrogen) atoms. The molecule has 0 atom stereocenters. The van der Waals surface area contributed by atoms with Gasteiger partial charge >= 0.3 is 0 Å². The molecule has 0 heterocycles. The number of benzene rings is 2. The van der Waals surface area contributed by atoms with Crippen LogP contribution in [0.1, 0.15) is 122 Å². The topological polar surface area (TPSA) is 20.2 Å². The Bertz CT molecular complexity index is 589. The second kappa shape index (κ2) is 18.3. The van der Waals surface area contributed by atoms with Gasteiger partial charge in [0.25, 0.3) is 0 Å². The van der Waals surface area contributed by atoms with Crippen LogP contribution in [0, 0.1) is 6.92 Å². The van der Waals surface area contributed by atoms with Crippen LogP contribution in [-0.4, -0.2) is 5.11 Å². The molecule has 1 heteroatoms. The smallest absolute Gasteiger partial charge is 0.116 e. The zero-order valence-electron chi connectivity index (χ0n) is 20.2. The van der Waals surface area contributed by atoms with Crippen LogP contribution in [-0.2, 0) is 0 Å². The summed E-state index contributed by atoms with van der Waals surface area (Å²) in [6.07, 6.45) is 23.4. The summed E-state index contributed by atoms with van der Waals surface area (Å²) in [6, 6.07) is 11.6. The van der Waals surface area contributed by atoms with E-state index in [1.54, 1.807) is 12.1 Å². The van der Waals surface area contributed by atoms with Crippen molar-refractivity contribution in [2.24, 2.45) is 0 Å². The van der Waals surface area contributed by atoms with Crippen molar-refractivity contribution in [2.75, 3.05) is 0 Å². The van der Waals surface area contributed by atoms with E-state index in [0.29, 0.717) is 5.75 Å². The lowest BCUT2D eigenvalue weighted by Crippen LogP contribution is -1.83. The minimum Gasteiger partial charge on any atom is -0.508 e. The lowest BCUT2D eigenvalue weighted by molar-refractivity contribution is 0.476. The van der Waals surface area contributed by atoms with Crippen LogP contribution in [0.25, 0.3) is 10.8 Å². The van der Waals surface area contributed by atoms with Gasteiger partial charge in [0.15, 0.2) is 0 Å². The van der Waals surface area contributed by atoms with E-state index >= 15 is 0 Å². The zero-order chi connectivity index (χ0) is 21.9. The molecule has 0 radical (unpaired) electrons. The number of phenolic OH excluding ortho intramolecular Hbond substituents is 1. The quantitative estimate of drug-likeness (QED) is 0.288. The molecule has 2 rings (SSSR count). The molecule has 0 aliphatic carbocycles. The first-order chi connectivity index (χ1) is 14.7. The molecule has 170 valence electrons. The predicted molar refractivity (Wildman–Crippen MR) is 136 cm³/mol. The van der Waals surface area contributed by atoms with Gasteiger partial charge in [-0.15, -0.1) is 0 Å².